The van der Waals surface area contributed by atoms with Gasteiger partial charge in [-0.15, -0.1) is 11.3 Å². The summed E-state index contributed by atoms with van der Waals surface area (Å²) < 4.78 is 37.0. The first kappa shape index (κ1) is 17.7. The Morgan fingerprint density at radius 1 is 1.44 bits per heavy atom. The molecule has 9 heteroatoms. The summed E-state index contributed by atoms with van der Waals surface area (Å²) >= 11 is 1.19. The van der Waals surface area contributed by atoms with Gasteiger partial charge in [-0.25, -0.2) is 13.8 Å². The molecule has 1 unspecified atom stereocenters. The van der Waals surface area contributed by atoms with E-state index in [1.165, 1.54) is 11.3 Å². The summed E-state index contributed by atoms with van der Waals surface area (Å²) in [7, 11) is 1.58. The standard InChI is InChI=1S/C16H17F2N3O3S/c1-23-8-13-7-21(2-3-24-13)15(22)14-9-25-16(20-14)19-12-5-10(17)4-11(18)6-12/h4-6,9,13H,2-3,7-8H2,1H3,(H,19,20). The first-order valence-corrected chi connectivity index (χ1v) is 8.51. The van der Waals surface area contributed by atoms with Crippen LogP contribution in [-0.2, 0) is 9.47 Å². The topological polar surface area (TPSA) is 63.7 Å². The third-order valence-corrected chi connectivity index (χ3v) is 4.37. The number of thiazole rings is 1. The molecule has 1 aliphatic rings. The molecule has 1 N–H and O–H groups in total. The minimum absolute atomic E-state index is 0.158. The van der Waals surface area contributed by atoms with Crippen LogP contribution in [0, 0.1) is 11.6 Å². The van der Waals surface area contributed by atoms with Crippen molar-refractivity contribution < 1.29 is 23.0 Å². The van der Waals surface area contributed by atoms with Gasteiger partial charge < -0.3 is 19.7 Å². The molecule has 0 spiro atoms. The Morgan fingerprint density at radius 3 is 2.92 bits per heavy atom. The molecule has 1 saturated heterocycles. The molecule has 0 bridgehead atoms. The zero-order valence-corrected chi connectivity index (χ0v) is 14.3. The lowest BCUT2D eigenvalue weighted by Crippen LogP contribution is -2.47. The Hall–Kier alpha value is -2.10. The molecule has 1 fully saturated rings. The molecule has 1 amide bonds. The van der Waals surface area contributed by atoms with Crippen LogP contribution in [0.4, 0.5) is 19.6 Å². The fourth-order valence-corrected chi connectivity index (χ4v) is 3.24. The molecule has 3 rings (SSSR count). The van der Waals surface area contributed by atoms with Crippen LogP contribution in [0.25, 0.3) is 0 Å². The summed E-state index contributed by atoms with van der Waals surface area (Å²) in [5.41, 5.74) is 0.514. The molecular weight excluding hydrogens is 352 g/mol. The van der Waals surface area contributed by atoms with Crippen molar-refractivity contribution in [2.45, 2.75) is 6.10 Å². The first-order valence-electron chi connectivity index (χ1n) is 7.63. The Balaban J connectivity index is 1.67. The number of morpholine rings is 1. The monoisotopic (exact) mass is 369 g/mol. The number of nitrogens with one attached hydrogen (secondary N) is 1. The molecule has 134 valence electrons. The van der Waals surface area contributed by atoms with Crippen molar-refractivity contribution in [3.63, 3.8) is 0 Å². The normalized spacial score (nSPS) is 17.6. The largest absolute Gasteiger partial charge is 0.382 e. The molecule has 2 heterocycles. The van der Waals surface area contributed by atoms with Gasteiger partial charge in [0.1, 0.15) is 17.3 Å². The maximum atomic E-state index is 13.2. The molecule has 0 saturated carbocycles. The summed E-state index contributed by atoms with van der Waals surface area (Å²) in [6.45, 7) is 1.77. The van der Waals surface area contributed by atoms with Gasteiger partial charge in [-0.1, -0.05) is 0 Å². The summed E-state index contributed by atoms with van der Waals surface area (Å²) in [5, 5.41) is 4.80. The fraction of sp³-hybridized carbons (Fsp3) is 0.375. The van der Waals surface area contributed by atoms with Gasteiger partial charge in [0.15, 0.2) is 5.13 Å². The fourth-order valence-electron chi connectivity index (χ4n) is 2.53. The SMILES string of the molecule is COCC1CN(C(=O)c2csc(Nc3cc(F)cc(F)c3)n2)CCO1. The molecule has 0 aliphatic carbocycles. The predicted molar refractivity (Wildman–Crippen MR) is 89.3 cm³/mol. The summed E-state index contributed by atoms with van der Waals surface area (Å²) in [4.78, 5) is 18.4. The minimum atomic E-state index is -0.687. The zero-order chi connectivity index (χ0) is 17.8. The van der Waals surface area contributed by atoms with E-state index < -0.39 is 11.6 Å². The van der Waals surface area contributed by atoms with Crippen molar-refractivity contribution in [2.24, 2.45) is 0 Å². The van der Waals surface area contributed by atoms with Crippen molar-refractivity contribution in [2.75, 3.05) is 38.7 Å². The van der Waals surface area contributed by atoms with Crippen LogP contribution in [0.15, 0.2) is 23.6 Å². The van der Waals surface area contributed by atoms with Crippen LogP contribution in [0.2, 0.25) is 0 Å². The molecule has 0 radical (unpaired) electrons. The van der Waals surface area contributed by atoms with Crippen LogP contribution in [0.3, 0.4) is 0 Å². The van der Waals surface area contributed by atoms with Gasteiger partial charge in [0.2, 0.25) is 0 Å². The third kappa shape index (κ3) is 4.50. The zero-order valence-electron chi connectivity index (χ0n) is 13.5. The molecule has 1 aliphatic heterocycles. The number of carbonyl (C=O) groups is 1. The minimum Gasteiger partial charge on any atom is -0.382 e. The lowest BCUT2D eigenvalue weighted by Gasteiger charge is -2.32. The van der Waals surface area contributed by atoms with E-state index >= 15 is 0 Å². The maximum Gasteiger partial charge on any atom is 0.273 e. The van der Waals surface area contributed by atoms with Gasteiger partial charge in [-0.2, -0.15) is 0 Å². The summed E-state index contributed by atoms with van der Waals surface area (Å²) in [6, 6.07) is 3.10. The van der Waals surface area contributed by atoms with Gasteiger partial charge in [0.25, 0.3) is 5.91 Å². The number of hydrogen-bond donors (Lipinski definition) is 1. The number of hydrogen-bond acceptors (Lipinski definition) is 6. The van der Waals surface area contributed by atoms with Crippen molar-refractivity contribution in [1.29, 1.82) is 0 Å². The van der Waals surface area contributed by atoms with Crippen LogP contribution in [0.1, 0.15) is 10.5 Å². The highest BCUT2D eigenvalue weighted by atomic mass is 32.1. The maximum absolute atomic E-state index is 13.2. The molecule has 1 atom stereocenters. The Kier molecular flexibility index (Phi) is 5.57. The average molecular weight is 369 g/mol. The summed E-state index contributed by atoms with van der Waals surface area (Å²) in [6.07, 6.45) is -0.158. The average Bonchev–Trinajstić information content (AvgIpc) is 3.02. The van der Waals surface area contributed by atoms with Crippen molar-refractivity contribution in [3.8, 4) is 0 Å². The van der Waals surface area contributed by atoms with Crippen LogP contribution < -0.4 is 5.32 Å². The van der Waals surface area contributed by atoms with Crippen LogP contribution in [0.5, 0.6) is 0 Å². The number of amides is 1. The van der Waals surface area contributed by atoms with Gasteiger partial charge in [-0.3, -0.25) is 4.79 Å². The summed E-state index contributed by atoms with van der Waals surface area (Å²) in [5.74, 6) is -1.58. The molecular formula is C16H17F2N3O3S. The van der Waals surface area contributed by atoms with E-state index in [1.54, 1.807) is 17.4 Å². The second kappa shape index (κ2) is 7.85. The Bertz CT molecular complexity index is 734. The van der Waals surface area contributed by atoms with Gasteiger partial charge in [-0.05, 0) is 12.1 Å². The molecule has 2 aromatic rings. The van der Waals surface area contributed by atoms with E-state index in [-0.39, 0.29) is 23.4 Å². The van der Waals surface area contributed by atoms with Gasteiger partial charge >= 0.3 is 0 Å². The van der Waals surface area contributed by atoms with E-state index in [0.29, 0.717) is 31.4 Å². The number of halogens is 2. The first-order chi connectivity index (χ1) is 12.0. The van der Waals surface area contributed by atoms with E-state index in [0.717, 1.165) is 18.2 Å². The van der Waals surface area contributed by atoms with Crippen molar-refractivity contribution >= 4 is 28.1 Å². The third-order valence-electron chi connectivity index (χ3n) is 3.62. The van der Waals surface area contributed by atoms with Crippen molar-refractivity contribution in [3.05, 3.63) is 40.9 Å². The van der Waals surface area contributed by atoms with E-state index in [9.17, 15) is 13.6 Å². The predicted octanol–water partition coefficient (Wildman–Crippen LogP) is 2.65. The second-order valence-electron chi connectivity index (χ2n) is 5.52. The van der Waals surface area contributed by atoms with E-state index in [2.05, 4.69) is 10.3 Å². The highest BCUT2D eigenvalue weighted by Gasteiger charge is 2.26. The molecule has 1 aromatic heterocycles. The number of ether oxygens (including phenoxy) is 2. The van der Waals surface area contributed by atoms with Crippen molar-refractivity contribution in [1.82, 2.24) is 9.88 Å². The number of carbonyl (C=O) groups excluding carboxylic acids is 1. The second-order valence-corrected chi connectivity index (χ2v) is 6.38. The van der Waals surface area contributed by atoms with Gasteiger partial charge in [0.05, 0.1) is 19.3 Å². The van der Waals surface area contributed by atoms with Gasteiger partial charge in [0, 0.05) is 37.3 Å². The van der Waals surface area contributed by atoms with E-state index in [1.807, 2.05) is 0 Å². The highest BCUT2D eigenvalue weighted by molar-refractivity contribution is 7.14. The Morgan fingerprint density at radius 2 is 2.20 bits per heavy atom. The van der Waals surface area contributed by atoms with Crippen LogP contribution in [-0.4, -0.2) is 55.3 Å². The molecule has 6 nitrogen and oxygen atoms in total. The number of nitrogens with zero attached hydrogens (tertiary/aromatic N) is 2. The number of aromatic nitrogens is 1. The lowest BCUT2D eigenvalue weighted by atomic mass is 10.2. The van der Waals surface area contributed by atoms with Crippen LogP contribution >= 0.6 is 11.3 Å². The Labute approximate surface area is 147 Å². The molecule has 1 aromatic carbocycles. The number of rotatable bonds is 5. The number of anilines is 2. The number of methoxy groups -OCH3 is 1. The highest BCUT2D eigenvalue weighted by Crippen LogP contribution is 2.23. The quantitative estimate of drug-likeness (QED) is 0.878. The number of benzene rings is 1. The van der Waals surface area contributed by atoms with E-state index in [4.69, 9.17) is 9.47 Å². The smallest absolute Gasteiger partial charge is 0.273 e. The molecule has 25 heavy (non-hydrogen) atoms. The lowest BCUT2D eigenvalue weighted by molar-refractivity contribution is -0.0532.